The minimum absolute atomic E-state index is 0.778. The van der Waals surface area contributed by atoms with E-state index in [-0.39, 0.29) is 0 Å². The van der Waals surface area contributed by atoms with Crippen molar-refractivity contribution in [3.63, 3.8) is 0 Å². The van der Waals surface area contributed by atoms with Crippen molar-refractivity contribution in [2.24, 2.45) is 5.92 Å². The lowest BCUT2D eigenvalue weighted by Crippen LogP contribution is -2.33. The Morgan fingerprint density at radius 2 is 1.85 bits per heavy atom. The monoisotopic (exact) mass is 347 g/mol. The van der Waals surface area contributed by atoms with Crippen LogP contribution in [-0.4, -0.2) is 24.6 Å². The molecule has 1 saturated carbocycles. The summed E-state index contributed by atoms with van der Waals surface area (Å²) in [5.41, 5.74) is 7.88. The number of hydrogen-bond acceptors (Lipinski definition) is 3. The Labute approximate surface area is 156 Å². The second-order valence-corrected chi connectivity index (χ2v) is 7.73. The normalized spacial score (nSPS) is 17.7. The first-order chi connectivity index (χ1) is 12.8. The van der Waals surface area contributed by atoms with E-state index in [1.807, 2.05) is 12.4 Å². The van der Waals surface area contributed by atoms with Crippen molar-refractivity contribution in [1.29, 1.82) is 0 Å². The van der Waals surface area contributed by atoms with Gasteiger partial charge in [0.2, 0.25) is 0 Å². The van der Waals surface area contributed by atoms with Crippen molar-refractivity contribution >= 4 is 5.70 Å². The van der Waals surface area contributed by atoms with Gasteiger partial charge in [-0.25, -0.2) is 0 Å². The summed E-state index contributed by atoms with van der Waals surface area (Å²) in [7, 11) is 0. The standard InChI is InChI=1S/C23H29N3/c1-17-5-7-19(8-6-17)21-13-22(16-25-15-21)23(20-3-2-4-20)26-14-18-9-11-24-12-10-18/h5-8,13,15-16,18,24,26H,2-4,9-12,14H2,1H3. The maximum absolute atomic E-state index is 4.56. The Balaban J connectivity index is 1.56. The van der Waals surface area contributed by atoms with Crippen LogP contribution in [0.2, 0.25) is 0 Å². The Morgan fingerprint density at radius 1 is 1.08 bits per heavy atom. The van der Waals surface area contributed by atoms with Crippen molar-refractivity contribution in [3.8, 4) is 11.1 Å². The summed E-state index contributed by atoms with van der Waals surface area (Å²) >= 11 is 0. The van der Waals surface area contributed by atoms with Gasteiger partial charge in [-0.05, 0) is 75.2 Å². The zero-order chi connectivity index (χ0) is 17.8. The highest BCUT2D eigenvalue weighted by atomic mass is 14.9. The molecule has 136 valence electrons. The molecular formula is C23H29N3. The van der Waals surface area contributed by atoms with E-state index >= 15 is 0 Å². The predicted octanol–water partition coefficient (Wildman–Crippen LogP) is 4.54. The molecule has 0 unspecified atom stereocenters. The van der Waals surface area contributed by atoms with Crippen molar-refractivity contribution in [2.45, 2.75) is 39.0 Å². The third kappa shape index (κ3) is 3.99. The summed E-state index contributed by atoms with van der Waals surface area (Å²) in [6.45, 7) is 5.52. The Hall–Kier alpha value is -2.13. The molecule has 0 atom stereocenters. The highest BCUT2D eigenvalue weighted by Gasteiger charge is 2.19. The first kappa shape index (κ1) is 17.3. The van der Waals surface area contributed by atoms with Gasteiger partial charge in [-0.15, -0.1) is 0 Å². The zero-order valence-corrected chi connectivity index (χ0v) is 15.7. The molecule has 3 nitrogen and oxygen atoms in total. The van der Waals surface area contributed by atoms with Crippen LogP contribution in [0.3, 0.4) is 0 Å². The number of piperidine rings is 1. The smallest absolute Gasteiger partial charge is 0.0421 e. The topological polar surface area (TPSA) is 37.0 Å². The van der Waals surface area contributed by atoms with Crippen molar-refractivity contribution in [2.75, 3.05) is 19.6 Å². The minimum Gasteiger partial charge on any atom is -0.384 e. The second-order valence-electron chi connectivity index (χ2n) is 7.73. The van der Waals surface area contributed by atoms with Crippen LogP contribution in [0.15, 0.2) is 48.3 Å². The number of aromatic nitrogens is 1. The average molecular weight is 348 g/mol. The Morgan fingerprint density at radius 3 is 2.54 bits per heavy atom. The molecule has 0 amide bonds. The van der Waals surface area contributed by atoms with E-state index in [0.29, 0.717) is 0 Å². The van der Waals surface area contributed by atoms with Gasteiger partial charge < -0.3 is 10.6 Å². The van der Waals surface area contributed by atoms with Gasteiger partial charge in [0.15, 0.2) is 0 Å². The highest BCUT2D eigenvalue weighted by Crippen LogP contribution is 2.33. The molecule has 26 heavy (non-hydrogen) atoms. The number of allylic oxidation sites excluding steroid dienone is 1. The lowest BCUT2D eigenvalue weighted by Gasteiger charge is -2.27. The van der Waals surface area contributed by atoms with Crippen LogP contribution in [0, 0.1) is 12.8 Å². The minimum atomic E-state index is 0.778. The van der Waals surface area contributed by atoms with E-state index in [9.17, 15) is 0 Å². The SMILES string of the molecule is Cc1ccc(-c2cncc(C(NCC3CCNCC3)=C3CCC3)c2)cc1. The number of hydrogen-bond donors (Lipinski definition) is 2. The van der Waals surface area contributed by atoms with E-state index in [1.165, 1.54) is 60.1 Å². The van der Waals surface area contributed by atoms with Gasteiger partial charge in [0.1, 0.15) is 0 Å². The maximum Gasteiger partial charge on any atom is 0.0421 e. The molecule has 2 aliphatic rings. The van der Waals surface area contributed by atoms with Crippen molar-refractivity contribution in [1.82, 2.24) is 15.6 Å². The van der Waals surface area contributed by atoms with Gasteiger partial charge in [0.05, 0.1) is 0 Å². The lowest BCUT2D eigenvalue weighted by molar-refractivity contribution is 0.370. The van der Waals surface area contributed by atoms with Crippen LogP contribution >= 0.6 is 0 Å². The molecule has 2 fully saturated rings. The fraction of sp³-hybridized carbons (Fsp3) is 0.435. The summed E-state index contributed by atoms with van der Waals surface area (Å²) in [4.78, 5) is 4.56. The van der Waals surface area contributed by atoms with E-state index < -0.39 is 0 Å². The fourth-order valence-electron chi connectivity index (χ4n) is 3.85. The van der Waals surface area contributed by atoms with Gasteiger partial charge in [-0.1, -0.05) is 29.8 Å². The summed E-state index contributed by atoms with van der Waals surface area (Å²) < 4.78 is 0. The third-order valence-electron chi connectivity index (χ3n) is 5.75. The van der Waals surface area contributed by atoms with E-state index in [0.717, 1.165) is 25.6 Å². The largest absolute Gasteiger partial charge is 0.384 e. The number of rotatable bonds is 5. The van der Waals surface area contributed by atoms with Crippen LogP contribution in [0.5, 0.6) is 0 Å². The number of aryl methyl sites for hydroxylation is 1. The van der Waals surface area contributed by atoms with E-state index in [1.54, 1.807) is 5.57 Å². The number of pyridine rings is 1. The van der Waals surface area contributed by atoms with Crippen LogP contribution in [0.1, 0.15) is 43.2 Å². The molecule has 1 aliphatic carbocycles. The van der Waals surface area contributed by atoms with E-state index in [2.05, 4.69) is 52.9 Å². The molecule has 1 saturated heterocycles. The lowest BCUT2D eigenvalue weighted by atomic mass is 9.88. The summed E-state index contributed by atoms with van der Waals surface area (Å²) in [6, 6.07) is 11.0. The first-order valence-electron chi connectivity index (χ1n) is 9.98. The van der Waals surface area contributed by atoms with Crippen LogP contribution in [-0.2, 0) is 0 Å². The third-order valence-corrected chi connectivity index (χ3v) is 5.75. The molecule has 2 aromatic rings. The fourth-order valence-corrected chi connectivity index (χ4v) is 3.85. The molecule has 2 N–H and O–H groups in total. The average Bonchev–Trinajstić information content (AvgIpc) is 2.65. The number of nitrogens with zero attached hydrogens (tertiary/aromatic N) is 1. The molecule has 1 aromatic heterocycles. The maximum atomic E-state index is 4.56. The number of benzene rings is 1. The van der Waals surface area contributed by atoms with Crippen LogP contribution in [0.4, 0.5) is 0 Å². The Bertz CT molecular complexity index is 764. The van der Waals surface area contributed by atoms with Crippen LogP contribution < -0.4 is 10.6 Å². The molecule has 0 spiro atoms. The zero-order valence-electron chi connectivity index (χ0n) is 15.7. The van der Waals surface area contributed by atoms with Gasteiger partial charge in [0.25, 0.3) is 0 Å². The van der Waals surface area contributed by atoms with Gasteiger partial charge in [-0.2, -0.15) is 0 Å². The first-order valence-corrected chi connectivity index (χ1v) is 9.98. The van der Waals surface area contributed by atoms with E-state index in [4.69, 9.17) is 0 Å². The highest BCUT2D eigenvalue weighted by molar-refractivity contribution is 5.73. The molecular weight excluding hydrogens is 318 g/mol. The Kier molecular flexibility index (Phi) is 5.35. The number of nitrogens with one attached hydrogen (secondary N) is 2. The molecule has 0 bridgehead atoms. The van der Waals surface area contributed by atoms with Crippen molar-refractivity contribution < 1.29 is 0 Å². The van der Waals surface area contributed by atoms with Crippen molar-refractivity contribution in [3.05, 3.63) is 59.4 Å². The molecule has 1 aliphatic heterocycles. The summed E-state index contributed by atoms with van der Waals surface area (Å²) in [6.07, 6.45) is 10.3. The second kappa shape index (κ2) is 8.05. The predicted molar refractivity (Wildman–Crippen MR) is 109 cm³/mol. The van der Waals surface area contributed by atoms with Gasteiger partial charge in [-0.3, -0.25) is 4.98 Å². The molecule has 2 heterocycles. The summed E-state index contributed by atoms with van der Waals surface area (Å²) in [5, 5.41) is 7.27. The van der Waals surface area contributed by atoms with Gasteiger partial charge >= 0.3 is 0 Å². The molecule has 1 aromatic carbocycles. The molecule has 0 radical (unpaired) electrons. The quantitative estimate of drug-likeness (QED) is 0.834. The molecule has 4 rings (SSSR count). The summed E-state index contributed by atoms with van der Waals surface area (Å²) in [5.74, 6) is 0.778. The van der Waals surface area contributed by atoms with Gasteiger partial charge in [0, 0.05) is 35.8 Å². The molecule has 3 heteroatoms. The van der Waals surface area contributed by atoms with Crippen LogP contribution in [0.25, 0.3) is 16.8 Å².